The van der Waals surface area contributed by atoms with Crippen molar-refractivity contribution in [2.24, 2.45) is 5.73 Å². The molecule has 4 N–H and O–H groups in total. The summed E-state index contributed by atoms with van der Waals surface area (Å²) >= 11 is 0. The van der Waals surface area contributed by atoms with Crippen molar-refractivity contribution in [3.8, 4) is 0 Å². The van der Waals surface area contributed by atoms with Crippen molar-refractivity contribution < 1.29 is 22.6 Å². The first kappa shape index (κ1) is 23.4. The number of amides is 2. The molecule has 0 atom stereocenters. The summed E-state index contributed by atoms with van der Waals surface area (Å²) in [6.07, 6.45) is 1.25. The van der Waals surface area contributed by atoms with Crippen molar-refractivity contribution in [2.75, 3.05) is 12.3 Å². The molecule has 7 nitrogen and oxygen atoms in total. The van der Waals surface area contributed by atoms with Crippen LogP contribution in [0.1, 0.15) is 13.3 Å². The molecule has 0 aromatic carbocycles. The molecule has 0 aliphatic rings. The summed E-state index contributed by atoms with van der Waals surface area (Å²) in [5, 5.41) is 2.44. The Kier molecular flexibility index (Phi) is 15.2. The maximum absolute atomic E-state index is 10.8. The molecule has 0 aromatic rings. The van der Waals surface area contributed by atoms with E-state index in [2.05, 4.69) is 24.2 Å². The second kappa shape index (κ2) is 12.4. The third-order valence-corrected chi connectivity index (χ3v) is 2.26. The van der Waals surface area contributed by atoms with Crippen LogP contribution < -0.4 is 11.1 Å². The Labute approximate surface area is 135 Å². The number of primary amides is 1. The van der Waals surface area contributed by atoms with Gasteiger partial charge < -0.3 is 11.1 Å². The van der Waals surface area contributed by atoms with E-state index >= 15 is 0 Å². The number of carbonyl (C=O) groups is 2. The third-order valence-electron chi connectivity index (χ3n) is 1.45. The molecule has 2 amide bonds. The van der Waals surface area contributed by atoms with Crippen LogP contribution in [-0.4, -0.2) is 66.6 Å². The van der Waals surface area contributed by atoms with Crippen molar-refractivity contribution in [3.05, 3.63) is 24.8 Å². The van der Waals surface area contributed by atoms with Gasteiger partial charge in [0.2, 0.25) is 11.8 Å². The van der Waals surface area contributed by atoms with E-state index in [9.17, 15) is 18.0 Å². The summed E-state index contributed by atoms with van der Waals surface area (Å²) in [6.45, 7) is 8.26. The van der Waals surface area contributed by atoms with E-state index in [0.717, 1.165) is 6.08 Å². The van der Waals surface area contributed by atoms with Crippen LogP contribution in [-0.2, 0) is 19.7 Å². The first-order valence-corrected chi connectivity index (χ1v) is 6.51. The Bertz CT molecular complexity index is 420. The molecule has 19 heavy (non-hydrogen) atoms. The van der Waals surface area contributed by atoms with Gasteiger partial charge >= 0.3 is 29.6 Å². The van der Waals surface area contributed by atoms with Gasteiger partial charge in [-0.15, -0.1) is 0 Å². The van der Waals surface area contributed by atoms with Gasteiger partial charge in [-0.2, -0.15) is 8.42 Å². The van der Waals surface area contributed by atoms with Gasteiger partial charge in [0.15, 0.2) is 0 Å². The molecule has 0 rings (SSSR count). The van der Waals surface area contributed by atoms with Gasteiger partial charge in [-0.25, -0.2) is 0 Å². The van der Waals surface area contributed by atoms with Crippen LogP contribution in [0.5, 0.6) is 0 Å². The predicted molar refractivity (Wildman–Crippen MR) is 75.4 cm³/mol. The molecule has 0 aromatic heterocycles. The average Bonchev–Trinajstić information content (AvgIpc) is 2.23. The first-order valence-electron chi connectivity index (χ1n) is 4.91. The normalized spacial score (nSPS) is 9.16. The Morgan fingerprint density at radius 1 is 1.42 bits per heavy atom. The summed E-state index contributed by atoms with van der Waals surface area (Å²) in [4.78, 5) is 20.3. The van der Waals surface area contributed by atoms with Crippen molar-refractivity contribution in [1.82, 2.24) is 5.32 Å². The predicted octanol–water partition coefficient (Wildman–Crippen LogP) is -1.03. The van der Waals surface area contributed by atoms with Gasteiger partial charge in [0.25, 0.3) is 10.1 Å². The van der Waals surface area contributed by atoms with Gasteiger partial charge in [-0.1, -0.05) is 13.2 Å². The Morgan fingerprint density at radius 3 is 2.11 bits per heavy atom. The van der Waals surface area contributed by atoms with Crippen molar-refractivity contribution in [3.63, 3.8) is 0 Å². The number of nitrogens with two attached hydrogens (primary N) is 1. The van der Waals surface area contributed by atoms with Gasteiger partial charge in [0.05, 0.1) is 5.75 Å². The molecular weight excluding hydrogens is 283 g/mol. The molecule has 0 unspecified atom stereocenters. The summed E-state index contributed by atoms with van der Waals surface area (Å²) in [6, 6.07) is 0. The minimum absolute atomic E-state index is 0. The third kappa shape index (κ3) is 22.9. The van der Waals surface area contributed by atoms with Crippen LogP contribution in [0.2, 0.25) is 0 Å². The van der Waals surface area contributed by atoms with Crippen molar-refractivity contribution in [1.29, 1.82) is 0 Å². The van der Waals surface area contributed by atoms with Crippen LogP contribution in [0.4, 0.5) is 0 Å². The van der Waals surface area contributed by atoms with E-state index in [4.69, 9.17) is 4.55 Å². The Hall–Kier alpha value is -0.670. The van der Waals surface area contributed by atoms with E-state index in [1.54, 1.807) is 6.92 Å². The Balaban J connectivity index is -0.000000366. The van der Waals surface area contributed by atoms with Gasteiger partial charge in [-0.05, 0) is 19.4 Å². The molecule has 0 heterocycles. The fourth-order valence-corrected chi connectivity index (χ4v) is 1.12. The molecule has 0 radical (unpaired) electrons. The molecule has 0 saturated heterocycles. The van der Waals surface area contributed by atoms with Crippen molar-refractivity contribution >= 4 is 51.5 Å². The molecule has 0 spiro atoms. The second-order valence-electron chi connectivity index (χ2n) is 3.28. The van der Waals surface area contributed by atoms with E-state index in [0.29, 0.717) is 5.57 Å². The van der Waals surface area contributed by atoms with Crippen LogP contribution in [0.25, 0.3) is 0 Å². The second-order valence-corrected chi connectivity index (χ2v) is 4.85. The van der Waals surface area contributed by atoms with Crippen molar-refractivity contribution in [2.45, 2.75) is 13.3 Å². The quantitative estimate of drug-likeness (QED) is 0.250. The molecule has 106 valence electrons. The zero-order valence-electron chi connectivity index (χ0n) is 10.2. The zero-order chi connectivity index (χ0) is 14.8. The van der Waals surface area contributed by atoms with E-state index < -0.39 is 16.0 Å². The summed E-state index contributed by atoms with van der Waals surface area (Å²) in [5.74, 6) is -1.14. The molecule has 0 aliphatic carbocycles. The number of hydrogen-bond donors (Lipinski definition) is 3. The van der Waals surface area contributed by atoms with Crippen LogP contribution in [0.3, 0.4) is 0 Å². The Morgan fingerprint density at radius 2 is 1.84 bits per heavy atom. The van der Waals surface area contributed by atoms with Crippen LogP contribution in [0, 0.1) is 0 Å². The molecule has 0 fully saturated rings. The topological polar surface area (TPSA) is 127 Å². The van der Waals surface area contributed by atoms with Gasteiger partial charge in [0.1, 0.15) is 0 Å². The standard InChI is InChI=1S/C7H13NO4S.C3H5NO.Na.H/c1-6(2)7(9)8-4-3-5-13(10,11)12;1-2-3(4)5;;/h1,3-5H2,2H3,(H,8,9)(H,10,11,12);2H,1H2,(H2,4,5);;. The van der Waals surface area contributed by atoms with E-state index in [1.807, 2.05) is 0 Å². The monoisotopic (exact) mass is 302 g/mol. The number of hydrogen-bond acceptors (Lipinski definition) is 4. The summed E-state index contributed by atoms with van der Waals surface area (Å²) < 4.78 is 28.8. The van der Waals surface area contributed by atoms with Crippen LogP contribution >= 0.6 is 0 Å². The minimum atomic E-state index is -3.92. The maximum atomic E-state index is 10.8. The first-order chi connectivity index (χ1) is 8.10. The zero-order valence-corrected chi connectivity index (χ0v) is 11.0. The summed E-state index contributed by atoms with van der Waals surface area (Å²) in [7, 11) is -3.92. The van der Waals surface area contributed by atoms with Gasteiger partial charge in [0, 0.05) is 12.1 Å². The average molecular weight is 302 g/mol. The molecule has 0 bridgehead atoms. The van der Waals surface area contributed by atoms with E-state index in [-0.39, 0.29) is 54.2 Å². The molecule has 0 aliphatic heterocycles. The number of rotatable bonds is 6. The molecule has 9 heteroatoms. The SMILES string of the molecule is C=C(C)C(=O)NCCCS(=O)(=O)O.C=CC(N)=O.[NaH]. The van der Waals surface area contributed by atoms with Crippen LogP contribution in [0.15, 0.2) is 24.8 Å². The van der Waals surface area contributed by atoms with Gasteiger partial charge in [-0.3, -0.25) is 14.1 Å². The fraction of sp³-hybridized carbons (Fsp3) is 0.400. The fourth-order valence-electron chi connectivity index (χ4n) is 0.607. The molecular formula is C10H19N2NaO5S. The summed E-state index contributed by atoms with van der Waals surface area (Å²) in [5.41, 5.74) is 4.90. The number of nitrogens with one attached hydrogen (secondary N) is 1. The van der Waals surface area contributed by atoms with E-state index in [1.165, 1.54) is 0 Å². The number of carbonyl (C=O) groups excluding carboxylic acids is 2. The molecule has 0 saturated carbocycles.